The zero-order valence-corrected chi connectivity index (χ0v) is 34.9. The molecule has 1 N–H and O–H groups in total. The number of halogens is 2. The Hall–Kier alpha value is -2.41. The van der Waals surface area contributed by atoms with E-state index < -0.39 is 69.1 Å². The van der Waals surface area contributed by atoms with Crippen LogP contribution in [0.4, 0.5) is 4.39 Å². The molecule has 0 amide bonds. The minimum Gasteiger partial charge on any atom is -0.368 e. The van der Waals surface area contributed by atoms with Gasteiger partial charge in [0.25, 0.3) is 0 Å². The van der Waals surface area contributed by atoms with Crippen LogP contribution in [-0.2, 0) is 54.5 Å². The highest BCUT2D eigenvalue weighted by Crippen LogP contribution is 2.40. The van der Waals surface area contributed by atoms with E-state index in [1.807, 2.05) is 152 Å². The lowest BCUT2D eigenvalue weighted by Gasteiger charge is -2.49. The molecular formula is C43H57ClFNO6S2. The molecule has 3 aromatic rings. The van der Waals surface area contributed by atoms with Gasteiger partial charge < -0.3 is 18.9 Å². The first kappa shape index (κ1) is 44.3. The molecule has 9 atom stereocenters. The number of rotatable bonds is 18. The number of carbonyl (C=O) groups is 1. The number of benzene rings is 3. The van der Waals surface area contributed by atoms with Crippen molar-refractivity contribution >= 4 is 39.5 Å². The van der Waals surface area contributed by atoms with Gasteiger partial charge in [-0.05, 0) is 49.8 Å². The fraction of sp³-hybridized carbons (Fsp3) is 0.512. The summed E-state index contributed by atoms with van der Waals surface area (Å²) in [5, 5.41) is -0.723. The molecule has 7 nitrogen and oxygen atoms in total. The molecule has 0 radical (unpaired) electrons. The summed E-state index contributed by atoms with van der Waals surface area (Å²) in [7, 11) is -1.53. The van der Waals surface area contributed by atoms with Crippen LogP contribution in [0.15, 0.2) is 103 Å². The first-order chi connectivity index (χ1) is 25.7. The molecule has 1 heterocycles. The Kier molecular flexibility index (Phi) is 17.4. The molecular weight excluding hydrogens is 745 g/mol. The standard InChI is InChI=1S/C43H57ClFNO6S2/c1-30(18-17-25-34(44)26-45)35(46-54(48)43(5,6)7)36-37(49-27-31-19-11-8-12-20-31)38(50-28-32-21-13-9-14-22-32)39(51-29-33-23-15-10-16-24-33)40(52-36)53-41(47)42(2,3)4/h8-24,30,34-40,46H,25-29H2,1-7H3/b18-17-/t30-,34-,35-,36-,37+,38+,39-,40-,54-/m1/s1. The number of hydrogen-bond acceptors (Lipinski definition) is 7. The quantitative estimate of drug-likeness (QED) is 0.101. The van der Waals surface area contributed by atoms with Gasteiger partial charge >= 0.3 is 0 Å². The first-order valence-corrected chi connectivity index (χ1v) is 21.0. The fourth-order valence-corrected chi connectivity index (χ4v) is 7.92. The van der Waals surface area contributed by atoms with Crippen LogP contribution in [0.25, 0.3) is 0 Å². The molecule has 11 heteroatoms. The third-order valence-corrected chi connectivity index (χ3v) is 12.3. The second-order valence-electron chi connectivity index (χ2n) is 15.7. The number of ether oxygens (including phenoxy) is 4. The van der Waals surface area contributed by atoms with Crippen LogP contribution >= 0.6 is 23.4 Å². The summed E-state index contributed by atoms with van der Waals surface area (Å²) in [4.78, 5) is 13.8. The lowest BCUT2D eigenvalue weighted by Crippen LogP contribution is -2.65. The molecule has 0 aromatic heterocycles. The van der Waals surface area contributed by atoms with Gasteiger partial charge in [-0.15, -0.1) is 11.6 Å². The van der Waals surface area contributed by atoms with Crippen LogP contribution in [-0.4, -0.2) is 62.0 Å². The Labute approximate surface area is 333 Å². The smallest absolute Gasteiger partial charge is 0.196 e. The summed E-state index contributed by atoms with van der Waals surface area (Å²) >= 11 is 7.23. The SMILES string of the molecule is C[C@H](/C=C\C[C@@H](Cl)CF)[C@@H](N[S@](=O)C(C)(C)C)[C@H]1O[C@H](SC(=O)C(C)(C)C)[C@H](OCc2ccccc2)[C@@H](OCc2ccccc2)[C@H]1OCc1ccccc1. The normalized spacial score (nSPS) is 23.2. The average molecular weight is 803 g/mol. The monoisotopic (exact) mass is 801 g/mol. The molecule has 0 unspecified atom stereocenters. The number of alkyl halides is 2. The Bertz CT molecular complexity index is 1600. The molecule has 0 saturated carbocycles. The Morgan fingerprint density at radius 2 is 1.30 bits per heavy atom. The third-order valence-electron chi connectivity index (χ3n) is 8.94. The highest BCUT2D eigenvalue weighted by Gasteiger charge is 2.53. The van der Waals surface area contributed by atoms with Crippen LogP contribution in [0, 0.1) is 11.3 Å². The topological polar surface area (TPSA) is 83.1 Å². The summed E-state index contributed by atoms with van der Waals surface area (Å²) in [5.74, 6) is -0.298. The van der Waals surface area contributed by atoms with E-state index in [2.05, 4.69) is 4.72 Å². The van der Waals surface area contributed by atoms with Gasteiger partial charge in [-0.2, -0.15) is 0 Å². The van der Waals surface area contributed by atoms with E-state index in [0.717, 1.165) is 28.5 Å². The van der Waals surface area contributed by atoms with E-state index >= 15 is 0 Å². The number of nitrogens with one attached hydrogen (secondary N) is 1. The second kappa shape index (κ2) is 21.2. The van der Waals surface area contributed by atoms with Gasteiger partial charge in [-0.1, -0.05) is 143 Å². The van der Waals surface area contributed by atoms with Crippen molar-refractivity contribution in [2.24, 2.45) is 11.3 Å². The summed E-state index contributed by atoms with van der Waals surface area (Å²) in [6, 6.07) is 29.0. The molecule has 1 saturated heterocycles. The summed E-state index contributed by atoms with van der Waals surface area (Å²) in [6.45, 7) is 13.4. The van der Waals surface area contributed by atoms with Gasteiger partial charge in [0.15, 0.2) is 5.12 Å². The van der Waals surface area contributed by atoms with Crippen LogP contribution in [0.5, 0.6) is 0 Å². The second-order valence-corrected chi connectivity index (χ2v) is 19.4. The predicted octanol–water partition coefficient (Wildman–Crippen LogP) is 9.35. The van der Waals surface area contributed by atoms with E-state index in [9.17, 15) is 13.4 Å². The third kappa shape index (κ3) is 13.7. The van der Waals surface area contributed by atoms with E-state index in [1.54, 1.807) is 0 Å². The maximum Gasteiger partial charge on any atom is 0.196 e. The minimum atomic E-state index is -1.53. The van der Waals surface area contributed by atoms with Crippen LogP contribution in [0.2, 0.25) is 0 Å². The van der Waals surface area contributed by atoms with Gasteiger partial charge in [0, 0.05) is 5.41 Å². The molecule has 0 aliphatic carbocycles. The van der Waals surface area contributed by atoms with Crippen molar-refractivity contribution in [1.29, 1.82) is 0 Å². The zero-order chi connectivity index (χ0) is 39.3. The van der Waals surface area contributed by atoms with E-state index in [0.29, 0.717) is 6.42 Å². The number of thioether (sulfide) groups is 1. The average Bonchev–Trinajstić information content (AvgIpc) is 3.15. The van der Waals surface area contributed by atoms with Crippen molar-refractivity contribution in [1.82, 2.24) is 4.72 Å². The van der Waals surface area contributed by atoms with Crippen molar-refractivity contribution in [3.8, 4) is 0 Å². The van der Waals surface area contributed by atoms with E-state index in [-0.39, 0.29) is 30.9 Å². The van der Waals surface area contributed by atoms with Crippen molar-refractivity contribution in [3.63, 3.8) is 0 Å². The van der Waals surface area contributed by atoms with Gasteiger partial charge in [0.05, 0.1) is 47.0 Å². The van der Waals surface area contributed by atoms with Crippen LogP contribution in [0.1, 0.15) is 71.6 Å². The highest BCUT2D eigenvalue weighted by molar-refractivity contribution is 8.14. The van der Waals surface area contributed by atoms with Gasteiger partial charge in [-0.25, -0.2) is 13.3 Å². The predicted molar refractivity (Wildman–Crippen MR) is 219 cm³/mol. The Balaban J connectivity index is 1.86. The number of hydrogen-bond donors (Lipinski definition) is 1. The summed E-state index contributed by atoms with van der Waals surface area (Å²) in [5.41, 5.74) is 1.38. The maximum absolute atomic E-state index is 13.9. The molecule has 1 aliphatic rings. The molecule has 4 rings (SSSR count). The number of carbonyl (C=O) groups excluding carboxylic acids is 1. The molecule has 0 bridgehead atoms. The summed E-state index contributed by atoms with van der Waals surface area (Å²) in [6.07, 6.45) is 1.11. The Morgan fingerprint density at radius 1 is 0.833 bits per heavy atom. The zero-order valence-electron chi connectivity index (χ0n) is 32.5. The largest absolute Gasteiger partial charge is 0.368 e. The lowest BCUT2D eigenvalue weighted by molar-refractivity contribution is -0.252. The van der Waals surface area contributed by atoms with Crippen LogP contribution in [0.3, 0.4) is 0 Å². The molecule has 0 spiro atoms. The van der Waals surface area contributed by atoms with Gasteiger partial charge in [0.2, 0.25) is 0 Å². The van der Waals surface area contributed by atoms with Gasteiger partial charge in [0.1, 0.15) is 36.5 Å². The van der Waals surface area contributed by atoms with Crippen molar-refractivity contribution in [3.05, 3.63) is 120 Å². The summed E-state index contributed by atoms with van der Waals surface area (Å²) < 4.78 is 57.6. The van der Waals surface area contributed by atoms with Crippen molar-refractivity contribution in [2.75, 3.05) is 6.67 Å². The van der Waals surface area contributed by atoms with Crippen molar-refractivity contribution < 1.29 is 32.3 Å². The molecule has 1 fully saturated rings. The lowest BCUT2D eigenvalue weighted by atomic mass is 9.87. The molecule has 1 aliphatic heterocycles. The van der Waals surface area contributed by atoms with E-state index in [1.165, 1.54) is 0 Å². The Morgan fingerprint density at radius 3 is 1.74 bits per heavy atom. The van der Waals surface area contributed by atoms with Gasteiger partial charge in [-0.3, -0.25) is 4.79 Å². The highest BCUT2D eigenvalue weighted by atomic mass is 35.5. The molecule has 296 valence electrons. The fourth-order valence-electron chi connectivity index (χ4n) is 5.75. The van der Waals surface area contributed by atoms with Crippen LogP contribution < -0.4 is 4.72 Å². The first-order valence-electron chi connectivity index (χ1n) is 18.5. The van der Waals surface area contributed by atoms with Crippen molar-refractivity contribution in [2.45, 2.75) is 121 Å². The molecule has 54 heavy (non-hydrogen) atoms. The van der Waals surface area contributed by atoms with E-state index in [4.69, 9.17) is 30.5 Å². The molecule has 3 aromatic carbocycles. The minimum absolute atomic E-state index is 0.0693. The number of allylic oxidation sites excluding steroid dienone is 1. The maximum atomic E-state index is 13.9.